The molecule has 6 nitrogen and oxygen atoms in total. The molecule has 2 amide bonds. The topological polar surface area (TPSA) is 65.5 Å². The van der Waals surface area contributed by atoms with Crippen LogP contribution in [0.3, 0.4) is 0 Å². The van der Waals surface area contributed by atoms with Gasteiger partial charge in [-0.05, 0) is 54.8 Å². The first kappa shape index (κ1) is 26.2. The molecule has 9 heteroatoms. The number of halogens is 3. The van der Waals surface area contributed by atoms with Crippen LogP contribution in [-0.4, -0.2) is 47.9 Å². The van der Waals surface area contributed by atoms with Crippen LogP contribution in [0.25, 0.3) is 0 Å². The number of rotatable bonds is 6. The van der Waals surface area contributed by atoms with Crippen LogP contribution in [0.5, 0.6) is 0 Å². The van der Waals surface area contributed by atoms with Gasteiger partial charge in [0.1, 0.15) is 5.82 Å². The average molecular weight is 511 g/mol. The molecule has 0 spiro atoms. The zero-order chi connectivity index (χ0) is 26.4. The summed E-state index contributed by atoms with van der Waals surface area (Å²) in [5.74, 6) is 0.109. The SMILES string of the molecule is CCC(C(=O)Nc1ccc(N2CCCN(C(=O)c3ccc(C(F)(F)F)cc3)CC2)nc1)c1ccccc1. The third kappa shape index (κ3) is 6.47. The van der Waals surface area contributed by atoms with Crippen molar-refractivity contribution in [2.45, 2.75) is 31.9 Å². The van der Waals surface area contributed by atoms with Crippen LogP contribution in [0, 0.1) is 0 Å². The molecule has 1 N–H and O–H groups in total. The third-order valence-electron chi connectivity index (χ3n) is 6.51. The molecule has 0 radical (unpaired) electrons. The Hall–Kier alpha value is -3.88. The Morgan fingerprint density at radius 1 is 0.946 bits per heavy atom. The first-order chi connectivity index (χ1) is 17.8. The lowest BCUT2D eigenvalue weighted by Gasteiger charge is -2.23. The van der Waals surface area contributed by atoms with Crippen molar-refractivity contribution in [2.24, 2.45) is 0 Å². The van der Waals surface area contributed by atoms with Gasteiger partial charge in [0.05, 0.1) is 23.4 Å². The summed E-state index contributed by atoms with van der Waals surface area (Å²) in [6.07, 6.45) is -1.44. The van der Waals surface area contributed by atoms with Crippen molar-refractivity contribution in [1.29, 1.82) is 0 Å². The van der Waals surface area contributed by atoms with Crippen LogP contribution in [-0.2, 0) is 11.0 Å². The summed E-state index contributed by atoms with van der Waals surface area (Å²) in [5, 5.41) is 2.94. The lowest BCUT2D eigenvalue weighted by molar-refractivity contribution is -0.137. The van der Waals surface area contributed by atoms with E-state index in [9.17, 15) is 22.8 Å². The standard InChI is InChI=1S/C28H29F3N4O2/c1-2-24(20-7-4-3-5-8-20)26(36)33-23-13-14-25(32-19-23)34-15-6-16-35(18-17-34)27(37)21-9-11-22(12-10-21)28(29,30)31/h3-5,7-14,19,24H,2,6,15-18H2,1H3,(H,33,36). The molecular formula is C28H29F3N4O2. The average Bonchev–Trinajstić information content (AvgIpc) is 3.16. The smallest absolute Gasteiger partial charge is 0.355 e. The van der Waals surface area contributed by atoms with Gasteiger partial charge in [0.15, 0.2) is 0 Å². The molecule has 0 bridgehead atoms. The second-order valence-electron chi connectivity index (χ2n) is 8.97. The summed E-state index contributed by atoms with van der Waals surface area (Å²) >= 11 is 0. The van der Waals surface area contributed by atoms with E-state index >= 15 is 0 Å². The maximum atomic E-state index is 12.9. The van der Waals surface area contributed by atoms with Crippen molar-refractivity contribution in [2.75, 3.05) is 36.4 Å². The van der Waals surface area contributed by atoms with Crippen molar-refractivity contribution in [1.82, 2.24) is 9.88 Å². The van der Waals surface area contributed by atoms with E-state index in [1.807, 2.05) is 49.4 Å². The van der Waals surface area contributed by atoms with E-state index in [-0.39, 0.29) is 23.3 Å². The zero-order valence-corrected chi connectivity index (χ0v) is 20.5. The largest absolute Gasteiger partial charge is 0.416 e. The Balaban J connectivity index is 1.35. The minimum Gasteiger partial charge on any atom is -0.355 e. The van der Waals surface area contributed by atoms with E-state index in [1.165, 1.54) is 12.1 Å². The van der Waals surface area contributed by atoms with Crippen molar-refractivity contribution >= 4 is 23.3 Å². The van der Waals surface area contributed by atoms with Crippen LogP contribution in [0.4, 0.5) is 24.7 Å². The van der Waals surface area contributed by atoms with E-state index in [2.05, 4.69) is 15.2 Å². The van der Waals surface area contributed by atoms with E-state index in [0.29, 0.717) is 44.7 Å². The van der Waals surface area contributed by atoms with Gasteiger partial charge in [-0.3, -0.25) is 9.59 Å². The number of nitrogens with one attached hydrogen (secondary N) is 1. The van der Waals surface area contributed by atoms with E-state index < -0.39 is 11.7 Å². The van der Waals surface area contributed by atoms with E-state index in [0.717, 1.165) is 23.5 Å². The van der Waals surface area contributed by atoms with Gasteiger partial charge in [-0.1, -0.05) is 37.3 Å². The molecule has 1 saturated heterocycles. The Kier molecular flexibility index (Phi) is 8.11. The molecule has 2 heterocycles. The normalized spacial score (nSPS) is 15.1. The second kappa shape index (κ2) is 11.5. The van der Waals surface area contributed by atoms with Crippen LogP contribution >= 0.6 is 0 Å². The van der Waals surface area contributed by atoms with Crippen LogP contribution in [0.1, 0.15) is 47.2 Å². The molecule has 37 heavy (non-hydrogen) atoms. The maximum Gasteiger partial charge on any atom is 0.416 e. The summed E-state index contributed by atoms with van der Waals surface area (Å²) < 4.78 is 38.4. The van der Waals surface area contributed by atoms with Gasteiger partial charge >= 0.3 is 6.18 Å². The summed E-state index contributed by atoms with van der Waals surface area (Å²) in [4.78, 5) is 33.9. The second-order valence-corrected chi connectivity index (χ2v) is 8.97. The maximum absolute atomic E-state index is 12.9. The molecule has 3 aromatic rings. The molecule has 194 valence electrons. The molecule has 0 saturated carbocycles. The molecule has 1 aliphatic rings. The highest BCUT2D eigenvalue weighted by molar-refractivity contribution is 5.96. The molecule has 1 unspecified atom stereocenters. The minimum absolute atomic E-state index is 0.0876. The number of amides is 2. The molecule has 1 aliphatic heterocycles. The highest BCUT2D eigenvalue weighted by Crippen LogP contribution is 2.29. The van der Waals surface area contributed by atoms with Crippen molar-refractivity contribution in [3.05, 3.63) is 89.6 Å². The predicted octanol–water partition coefficient (Wildman–Crippen LogP) is 5.59. The molecule has 1 fully saturated rings. The third-order valence-corrected chi connectivity index (χ3v) is 6.51. The highest BCUT2D eigenvalue weighted by atomic mass is 19.4. The molecular weight excluding hydrogens is 481 g/mol. The number of aromatic nitrogens is 1. The molecule has 2 aromatic carbocycles. The molecule has 1 atom stereocenters. The Bertz CT molecular complexity index is 1200. The van der Waals surface area contributed by atoms with Gasteiger partial charge < -0.3 is 15.1 Å². The molecule has 1 aromatic heterocycles. The summed E-state index contributed by atoms with van der Waals surface area (Å²) in [6.45, 7) is 4.12. The number of hydrogen-bond acceptors (Lipinski definition) is 4. The summed E-state index contributed by atoms with van der Waals surface area (Å²) in [7, 11) is 0. The zero-order valence-electron chi connectivity index (χ0n) is 20.5. The minimum atomic E-state index is -4.43. The van der Waals surface area contributed by atoms with Gasteiger partial charge in [0.25, 0.3) is 5.91 Å². The fourth-order valence-electron chi connectivity index (χ4n) is 4.47. The number of nitrogens with zero attached hydrogens (tertiary/aromatic N) is 3. The predicted molar refractivity (Wildman–Crippen MR) is 137 cm³/mol. The van der Waals surface area contributed by atoms with Crippen LogP contribution in [0.15, 0.2) is 72.9 Å². The number of benzene rings is 2. The fourth-order valence-corrected chi connectivity index (χ4v) is 4.47. The number of hydrogen-bond donors (Lipinski definition) is 1. The van der Waals surface area contributed by atoms with Gasteiger partial charge in [0.2, 0.25) is 5.91 Å². The number of carbonyl (C=O) groups is 2. The highest BCUT2D eigenvalue weighted by Gasteiger charge is 2.30. The van der Waals surface area contributed by atoms with Crippen LogP contribution < -0.4 is 10.2 Å². The van der Waals surface area contributed by atoms with Gasteiger partial charge in [-0.25, -0.2) is 4.98 Å². The first-order valence-corrected chi connectivity index (χ1v) is 12.3. The van der Waals surface area contributed by atoms with Crippen molar-refractivity contribution in [3.8, 4) is 0 Å². The first-order valence-electron chi connectivity index (χ1n) is 12.3. The number of anilines is 2. The van der Waals surface area contributed by atoms with E-state index in [4.69, 9.17) is 0 Å². The summed E-state index contributed by atoms with van der Waals surface area (Å²) in [5.41, 5.74) is 1.03. The Labute approximate surface area is 214 Å². The summed E-state index contributed by atoms with van der Waals surface area (Å²) in [6, 6.07) is 17.6. The Morgan fingerprint density at radius 2 is 1.68 bits per heavy atom. The lowest BCUT2D eigenvalue weighted by Crippen LogP contribution is -2.35. The number of carbonyl (C=O) groups excluding carboxylic acids is 2. The number of pyridine rings is 1. The van der Waals surface area contributed by atoms with Crippen LogP contribution in [0.2, 0.25) is 0 Å². The van der Waals surface area contributed by atoms with Crippen molar-refractivity contribution < 1.29 is 22.8 Å². The molecule has 0 aliphatic carbocycles. The quantitative estimate of drug-likeness (QED) is 0.470. The van der Waals surface area contributed by atoms with Gasteiger partial charge in [-0.15, -0.1) is 0 Å². The van der Waals surface area contributed by atoms with Crippen molar-refractivity contribution in [3.63, 3.8) is 0 Å². The van der Waals surface area contributed by atoms with E-state index in [1.54, 1.807) is 11.1 Å². The van der Waals surface area contributed by atoms with Gasteiger partial charge in [-0.2, -0.15) is 13.2 Å². The monoisotopic (exact) mass is 510 g/mol. The van der Waals surface area contributed by atoms with Gasteiger partial charge in [0, 0.05) is 31.7 Å². The Morgan fingerprint density at radius 3 is 2.30 bits per heavy atom. The lowest BCUT2D eigenvalue weighted by atomic mass is 9.95. The number of alkyl halides is 3. The fraction of sp³-hybridized carbons (Fsp3) is 0.321. The molecule has 4 rings (SSSR count).